The first-order valence-corrected chi connectivity index (χ1v) is 9.90. The van der Waals surface area contributed by atoms with E-state index < -0.39 is 17.6 Å². The Morgan fingerprint density at radius 1 is 1.13 bits per heavy atom. The maximum atomic E-state index is 13.0. The van der Waals surface area contributed by atoms with Gasteiger partial charge in [-0.25, -0.2) is 4.98 Å². The Morgan fingerprint density at radius 2 is 1.94 bits per heavy atom. The summed E-state index contributed by atoms with van der Waals surface area (Å²) in [5.41, 5.74) is 1.68. The van der Waals surface area contributed by atoms with Gasteiger partial charge in [-0.05, 0) is 36.8 Å². The Kier molecular flexibility index (Phi) is 5.43. The second kappa shape index (κ2) is 8.05. The molecule has 1 aliphatic heterocycles. The largest absolute Gasteiger partial charge is 0.416 e. The number of rotatable bonds is 3. The fourth-order valence-electron chi connectivity index (χ4n) is 3.72. The number of amides is 2. The number of carbonyl (C=O) groups excluding carboxylic acids is 2. The van der Waals surface area contributed by atoms with E-state index in [1.807, 2.05) is 35.9 Å². The number of imidazole rings is 1. The second-order valence-electron chi connectivity index (χ2n) is 7.59. The molecule has 162 valence electrons. The van der Waals surface area contributed by atoms with Crippen molar-refractivity contribution in [2.45, 2.75) is 26.1 Å². The Morgan fingerprint density at radius 3 is 2.68 bits per heavy atom. The number of hydrogen-bond acceptors (Lipinski definition) is 3. The summed E-state index contributed by atoms with van der Waals surface area (Å²) in [6.45, 7) is 2.96. The summed E-state index contributed by atoms with van der Waals surface area (Å²) in [6.07, 6.45) is -0.657. The molecule has 9 heteroatoms. The molecule has 4 rings (SSSR count). The first-order valence-electron chi connectivity index (χ1n) is 9.90. The molecule has 1 fully saturated rings. The monoisotopic (exact) mass is 430 g/mol. The van der Waals surface area contributed by atoms with Crippen LogP contribution in [0.4, 0.5) is 13.2 Å². The fraction of sp³-hybridized carbons (Fsp3) is 0.318. The van der Waals surface area contributed by atoms with Crippen LogP contribution < -0.4 is 0 Å². The van der Waals surface area contributed by atoms with E-state index in [1.165, 1.54) is 17.0 Å². The molecule has 0 atom stereocenters. The molecule has 0 aliphatic carbocycles. The molecule has 1 aromatic carbocycles. The van der Waals surface area contributed by atoms with Gasteiger partial charge in [0.2, 0.25) is 5.91 Å². The van der Waals surface area contributed by atoms with Gasteiger partial charge in [0.15, 0.2) is 0 Å². The summed E-state index contributed by atoms with van der Waals surface area (Å²) in [5.74, 6) is -0.628. The van der Waals surface area contributed by atoms with Gasteiger partial charge in [0, 0.05) is 44.0 Å². The van der Waals surface area contributed by atoms with E-state index in [4.69, 9.17) is 0 Å². The maximum absolute atomic E-state index is 13.0. The summed E-state index contributed by atoms with van der Waals surface area (Å²) in [5, 5.41) is 0. The predicted molar refractivity (Wildman–Crippen MR) is 107 cm³/mol. The third kappa shape index (κ3) is 4.40. The van der Waals surface area contributed by atoms with Crippen LogP contribution in [-0.4, -0.2) is 50.6 Å². The molecule has 2 amide bonds. The molecule has 0 saturated carbocycles. The summed E-state index contributed by atoms with van der Waals surface area (Å²) >= 11 is 0. The number of benzene rings is 1. The van der Waals surface area contributed by atoms with Gasteiger partial charge in [-0.15, -0.1) is 0 Å². The van der Waals surface area contributed by atoms with E-state index in [9.17, 15) is 22.8 Å². The molecule has 3 heterocycles. The fourth-order valence-corrected chi connectivity index (χ4v) is 3.72. The normalized spacial score (nSPS) is 15.4. The smallest absolute Gasteiger partial charge is 0.336 e. The highest BCUT2D eigenvalue weighted by Gasteiger charge is 2.32. The Labute approximate surface area is 176 Å². The molecule has 31 heavy (non-hydrogen) atoms. The quantitative estimate of drug-likeness (QED) is 0.639. The highest BCUT2D eigenvalue weighted by atomic mass is 19.4. The number of pyridine rings is 1. The molecule has 2 aromatic heterocycles. The van der Waals surface area contributed by atoms with Crippen LogP contribution in [0.15, 0.2) is 48.8 Å². The van der Waals surface area contributed by atoms with Crippen LogP contribution in [0.1, 0.15) is 33.6 Å². The molecular formula is C22H21F3N4O2. The van der Waals surface area contributed by atoms with Gasteiger partial charge in [0.1, 0.15) is 5.65 Å². The first-order chi connectivity index (χ1) is 14.7. The van der Waals surface area contributed by atoms with Crippen molar-refractivity contribution in [3.05, 3.63) is 71.2 Å². The van der Waals surface area contributed by atoms with Crippen LogP contribution >= 0.6 is 0 Å². The number of aromatic nitrogens is 2. The molecule has 1 saturated heterocycles. The SMILES string of the molecule is Cc1cccn2cc(CN3CCN(C(=O)c4cccc(C(F)(F)F)c4)CCC3=O)nc12. The average Bonchev–Trinajstić information content (AvgIpc) is 3.07. The van der Waals surface area contributed by atoms with E-state index in [1.54, 1.807) is 4.90 Å². The number of halogens is 3. The number of aryl methyl sites for hydroxylation is 1. The molecule has 0 spiro atoms. The lowest BCUT2D eigenvalue weighted by molar-refractivity contribution is -0.137. The van der Waals surface area contributed by atoms with Crippen molar-refractivity contribution in [1.82, 2.24) is 19.2 Å². The zero-order valence-corrected chi connectivity index (χ0v) is 16.9. The minimum absolute atomic E-state index is 0.0356. The summed E-state index contributed by atoms with van der Waals surface area (Å²) in [7, 11) is 0. The van der Waals surface area contributed by atoms with Crippen molar-refractivity contribution >= 4 is 17.5 Å². The van der Waals surface area contributed by atoms with E-state index in [0.717, 1.165) is 29.0 Å². The van der Waals surface area contributed by atoms with Crippen LogP contribution in [0.5, 0.6) is 0 Å². The molecule has 3 aromatic rings. The van der Waals surface area contributed by atoms with Crippen LogP contribution in [0.25, 0.3) is 5.65 Å². The van der Waals surface area contributed by atoms with Crippen LogP contribution in [0, 0.1) is 6.92 Å². The Bertz CT molecular complexity index is 1140. The summed E-state index contributed by atoms with van der Waals surface area (Å²) < 4.78 is 40.8. The predicted octanol–water partition coefficient (Wildman–Crippen LogP) is 3.54. The van der Waals surface area contributed by atoms with Crippen LogP contribution in [0.3, 0.4) is 0 Å². The molecule has 0 bridgehead atoms. The van der Waals surface area contributed by atoms with Crippen molar-refractivity contribution in [3.8, 4) is 0 Å². The topological polar surface area (TPSA) is 57.9 Å². The lowest BCUT2D eigenvalue weighted by atomic mass is 10.1. The highest BCUT2D eigenvalue weighted by molar-refractivity contribution is 5.95. The number of carbonyl (C=O) groups is 2. The molecule has 1 aliphatic rings. The van der Waals surface area contributed by atoms with E-state index in [-0.39, 0.29) is 37.5 Å². The minimum Gasteiger partial charge on any atom is -0.336 e. The van der Waals surface area contributed by atoms with Crippen molar-refractivity contribution in [2.24, 2.45) is 0 Å². The van der Waals surface area contributed by atoms with Crippen molar-refractivity contribution in [3.63, 3.8) is 0 Å². The van der Waals surface area contributed by atoms with Crippen molar-refractivity contribution in [1.29, 1.82) is 0 Å². The van der Waals surface area contributed by atoms with Gasteiger partial charge in [0.05, 0.1) is 17.8 Å². The van der Waals surface area contributed by atoms with E-state index >= 15 is 0 Å². The molecule has 0 radical (unpaired) electrons. The second-order valence-corrected chi connectivity index (χ2v) is 7.59. The third-order valence-electron chi connectivity index (χ3n) is 5.39. The molecular weight excluding hydrogens is 409 g/mol. The minimum atomic E-state index is -4.52. The van der Waals surface area contributed by atoms with Crippen LogP contribution in [0.2, 0.25) is 0 Å². The molecule has 6 nitrogen and oxygen atoms in total. The van der Waals surface area contributed by atoms with E-state index in [0.29, 0.717) is 6.54 Å². The molecule has 0 N–H and O–H groups in total. The van der Waals surface area contributed by atoms with Gasteiger partial charge in [-0.3, -0.25) is 9.59 Å². The van der Waals surface area contributed by atoms with E-state index in [2.05, 4.69) is 4.98 Å². The summed E-state index contributed by atoms with van der Waals surface area (Å²) in [6, 6.07) is 8.24. The van der Waals surface area contributed by atoms with Gasteiger partial charge >= 0.3 is 6.18 Å². The Balaban J connectivity index is 1.47. The zero-order valence-electron chi connectivity index (χ0n) is 16.9. The lowest BCUT2D eigenvalue weighted by Gasteiger charge is -2.22. The van der Waals surface area contributed by atoms with Gasteiger partial charge in [-0.1, -0.05) is 12.1 Å². The maximum Gasteiger partial charge on any atom is 0.416 e. The van der Waals surface area contributed by atoms with Crippen molar-refractivity contribution in [2.75, 3.05) is 19.6 Å². The highest BCUT2D eigenvalue weighted by Crippen LogP contribution is 2.30. The van der Waals surface area contributed by atoms with Gasteiger partial charge < -0.3 is 14.2 Å². The summed E-state index contributed by atoms with van der Waals surface area (Å²) in [4.78, 5) is 33.0. The van der Waals surface area contributed by atoms with Crippen LogP contribution in [-0.2, 0) is 17.5 Å². The average molecular weight is 430 g/mol. The molecule has 0 unspecified atom stereocenters. The zero-order chi connectivity index (χ0) is 22.2. The first kappa shape index (κ1) is 20.9. The van der Waals surface area contributed by atoms with Crippen molar-refractivity contribution < 1.29 is 22.8 Å². The number of nitrogens with zero attached hydrogens (tertiary/aromatic N) is 4. The lowest BCUT2D eigenvalue weighted by Crippen LogP contribution is -2.35. The standard InChI is InChI=1S/C22H21F3N4O2/c1-15-4-3-8-29-14-18(26-20(15)29)13-28-11-10-27(9-7-19(28)30)21(31)16-5-2-6-17(12-16)22(23,24)25/h2-6,8,12,14H,7,9-11,13H2,1H3. The van der Waals surface area contributed by atoms with Gasteiger partial charge in [0.25, 0.3) is 5.91 Å². The Hall–Kier alpha value is -3.36. The third-order valence-corrected chi connectivity index (χ3v) is 5.39. The number of fused-ring (bicyclic) bond motifs is 1. The number of alkyl halides is 3. The number of hydrogen-bond donors (Lipinski definition) is 0. The van der Waals surface area contributed by atoms with Gasteiger partial charge in [-0.2, -0.15) is 13.2 Å².